The van der Waals surface area contributed by atoms with Gasteiger partial charge < -0.3 is 0 Å². The Balaban J connectivity index is 4.17. The highest BCUT2D eigenvalue weighted by molar-refractivity contribution is 5.32. The van der Waals surface area contributed by atoms with Crippen molar-refractivity contribution in [1.29, 1.82) is 0 Å². The normalized spacial score (nSPS) is 13.2. The second kappa shape index (κ2) is 6.09. The molecular weight excluding hydrogens is 120 g/mol. The van der Waals surface area contributed by atoms with Crippen molar-refractivity contribution in [2.75, 3.05) is 0 Å². The Morgan fingerprint density at radius 2 is 1.90 bits per heavy atom. The van der Waals surface area contributed by atoms with Gasteiger partial charge in [-0.2, -0.15) is 0 Å². The summed E-state index contributed by atoms with van der Waals surface area (Å²) in [6.07, 6.45) is 11.9. The summed E-state index contributed by atoms with van der Waals surface area (Å²) < 4.78 is 0. The van der Waals surface area contributed by atoms with Crippen LogP contribution in [0.1, 0.15) is 13.8 Å². The van der Waals surface area contributed by atoms with Crippen molar-refractivity contribution in [3.63, 3.8) is 0 Å². The van der Waals surface area contributed by atoms with Crippen LogP contribution in [0.2, 0.25) is 0 Å². The van der Waals surface area contributed by atoms with Gasteiger partial charge in [-0.05, 0) is 19.4 Å². The summed E-state index contributed by atoms with van der Waals surface area (Å²) in [5.41, 5.74) is 1.14. The third-order valence-electron chi connectivity index (χ3n) is 1.08. The van der Waals surface area contributed by atoms with E-state index in [2.05, 4.69) is 6.58 Å². The van der Waals surface area contributed by atoms with E-state index in [0.29, 0.717) is 0 Å². The first-order chi connectivity index (χ1) is 4.85. The van der Waals surface area contributed by atoms with Crippen LogP contribution in [0, 0.1) is 0 Å². The largest absolute Gasteiger partial charge is 0.0985 e. The van der Waals surface area contributed by atoms with Crippen LogP contribution in [0.25, 0.3) is 0 Å². The average molecular weight is 134 g/mol. The monoisotopic (exact) mass is 134 g/mol. The van der Waals surface area contributed by atoms with E-state index in [4.69, 9.17) is 0 Å². The zero-order valence-electron chi connectivity index (χ0n) is 6.67. The fourth-order valence-corrected chi connectivity index (χ4v) is 0.591. The molecule has 0 aliphatic carbocycles. The van der Waals surface area contributed by atoms with Crippen molar-refractivity contribution in [3.05, 3.63) is 48.6 Å². The predicted octanol–water partition coefficient (Wildman–Crippen LogP) is 3.25. The molecular formula is C10H14. The van der Waals surface area contributed by atoms with Gasteiger partial charge in [-0.1, -0.05) is 43.0 Å². The first-order valence-corrected chi connectivity index (χ1v) is 3.43. The van der Waals surface area contributed by atoms with Gasteiger partial charge in [0.1, 0.15) is 0 Å². The van der Waals surface area contributed by atoms with Crippen LogP contribution in [-0.2, 0) is 0 Å². The Morgan fingerprint density at radius 3 is 2.30 bits per heavy atom. The third kappa shape index (κ3) is 3.90. The molecule has 0 aliphatic rings. The van der Waals surface area contributed by atoms with Crippen molar-refractivity contribution in [2.24, 2.45) is 0 Å². The Hall–Kier alpha value is -1.04. The summed E-state index contributed by atoms with van der Waals surface area (Å²) in [6.45, 7) is 7.67. The Bertz CT molecular complexity index is 168. The van der Waals surface area contributed by atoms with E-state index in [1.165, 1.54) is 0 Å². The van der Waals surface area contributed by atoms with Gasteiger partial charge in [-0.15, -0.1) is 0 Å². The van der Waals surface area contributed by atoms with Gasteiger partial charge >= 0.3 is 0 Å². The van der Waals surface area contributed by atoms with E-state index in [1.54, 1.807) is 0 Å². The van der Waals surface area contributed by atoms with Crippen LogP contribution in [0.4, 0.5) is 0 Å². The molecule has 0 saturated carbocycles. The van der Waals surface area contributed by atoms with Crippen molar-refractivity contribution in [2.45, 2.75) is 13.8 Å². The molecule has 0 heteroatoms. The lowest BCUT2D eigenvalue weighted by Gasteiger charge is -1.86. The molecule has 0 nitrogen and oxygen atoms in total. The summed E-state index contributed by atoms with van der Waals surface area (Å²) in [5.74, 6) is 0. The SMILES string of the molecule is C=CC(/C=C\C)=C\C=C/C. The maximum Gasteiger partial charge on any atom is -0.0266 e. The lowest BCUT2D eigenvalue weighted by molar-refractivity contribution is 1.62. The molecule has 10 heavy (non-hydrogen) atoms. The maximum atomic E-state index is 3.68. The van der Waals surface area contributed by atoms with Gasteiger partial charge in [0.15, 0.2) is 0 Å². The summed E-state index contributed by atoms with van der Waals surface area (Å²) in [4.78, 5) is 0. The van der Waals surface area contributed by atoms with Gasteiger partial charge in [0.25, 0.3) is 0 Å². The van der Waals surface area contributed by atoms with Crippen LogP contribution in [0.3, 0.4) is 0 Å². The highest BCUT2D eigenvalue weighted by Crippen LogP contribution is 1.97. The first kappa shape index (κ1) is 8.96. The molecule has 0 atom stereocenters. The quantitative estimate of drug-likeness (QED) is 0.520. The molecule has 0 radical (unpaired) electrons. The van der Waals surface area contributed by atoms with Crippen molar-refractivity contribution in [1.82, 2.24) is 0 Å². The van der Waals surface area contributed by atoms with Crippen LogP contribution >= 0.6 is 0 Å². The molecule has 54 valence electrons. The molecule has 0 rings (SSSR count). The van der Waals surface area contributed by atoms with Gasteiger partial charge in [0.2, 0.25) is 0 Å². The van der Waals surface area contributed by atoms with E-state index >= 15 is 0 Å². The Labute approximate surface area is 63.3 Å². The maximum absolute atomic E-state index is 3.68. The predicted molar refractivity (Wildman–Crippen MR) is 47.9 cm³/mol. The number of hydrogen-bond donors (Lipinski definition) is 0. The Kier molecular flexibility index (Phi) is 5.45. The van der Waals surface area contributed by atoms with E-state index < -0.39 is 0 Å². The molecule has 0 aliphatic heterocycles. The lowest BCUT2D eigenvalue weighted by Crippen LogP contribution is -1.66. The topological polar surface area (TPSA) is 0 Å². The number of hydrogen-bond acceptors (Lipinski definition) is 0. The highest BCUT2D eigenvalue weighted by atomic mass is 13.8. The average Bonchev–Trinajstić information content (AvgIpc) is 1.98. The van der Waals surface area contributed by atoms with Crippen LogP contribution < -0.4 is 0 Å². The van der Waals surface area contributed by atoms with Crippen molar-refractivity contribution < 1.29 is 0 Å². The fraction of sp³-hybridized carbons (Fsp3) is 0.200. The summed E-state index contributed by atoms with van der Waals surface area (Å²) >= 11 is 0. The number of allylic oxidation sites excluding steroid dienone is 7. The standard InChI is InChI=1S/C10H14/c1-4-7-9-10(6-3)8-5-2/h4-9H,3H2,1-2H3/b7-4-,8-5-,10-9+. The van der Waals surface area contributed by atoms with Gasteiger partial charge in [0.05, 0.1) is 0 Å². The van der Waals surface area contributed by atoms with E-state index in [0.717, 1.165) is 5.57 Å². The van der Waals surface area contributed by atoms with E-state index in [-0.39, 0.29) is 0 Å². The fourth-order valence-electron chi connectivity index (χ4n) is 0.591. The van der Waals surface area contributed by atoms with Crippen LogP contribution in [0.5, 0.6) is 0 Å². The molecule has 0 heterocycles. The van der Waals surface area contributed by atoms with E-state index in [1.807, 2.05) is 50.3 Å². The minimum Gasteiger partial charge on any atom is -0.0985 e. The molecule has 0 aromatic heterocycles. The van der Waals surface area contributed by atoms with Gasteiger partial charge in [0, 0.05) is 0 Å². The molecule has 0 amide bonds. The zero-order valence-corrected chi connectivity index (χ0v) is 6.67. The minimum atomic E-state index is 1.14. The molecule has 0 bridgehead atoms. The summed E-state index contributed by atoms with van der Waals surface area (Å²) in [6, 6.07) is 0. The lowest BCUT2D eigenvalue weighted by atomic mass is 10.2. The molecule has 0 aromatic carbocycles. The van der Waals surface area contributed by atoms with Crippen LogP contribution in [0.15, 0.2) is 48.6 Å². The van der Waals surface area contributed by atoms with Gasteiger partial charge in [-0.3, -0.25) is 0 Å². The third-order valence-corrected chi connectivity index (χ3v) is 1.08. The molecule has 0 aromatic rings. The van der Waals surface area contributed by atoms with Crippen LogP contribution in [-0.4, -0.2) is 0 Å². The molecule has 0 fully saturated rings. The molecule has 0 saturated heterocycles. The zero-order chi connectivity index (χ0) is 7.82. The number of rotatable bonds is 3. The molecule has 0 unspecified atom stereocenters. The van der Waals surface area contributed by atoms with Crippen molar-refractivity contribution >= 4 is 0 Å². The molecule has 0 N–H and O–H groups in total. The first-order valence-electron chi connectivity index (χ1n) is 3.43. The summed E-state index contributed by atoms with van der Waals surface area (Å²) in [7, 11) is 0. The minimum absolute atomic E-state index is 1.14. The highest BCUT2D eigenvalue weighted by Gasteiger charge is 1.77. The smallest absolute Gasteiger partial charge is 0.0266 e. The second-order valence-electron chi connectivity index (χ2n) is 1.90. The molecule has 0 spiro atoms. The summed E-state index contributed by atoms with van der Waals surface area (Å²) in [5, 5.41) is 0. The second-order valence-corrected chi connectivity index (χ2v) is 1.90. The Morgan fingerprint density at radius 1 is 1.20 bits per heavy atom. The van der Waals surface area contributed by atoms with E-state index in [9.17, 15) is 0 Å². The van der Waals surface area contributed by atoms with Gasteiger partial charge in [-0.25, -0.2) is 0 Å². The van der Waals surface area contributed by atoms with Crippen molar-refractivity contribution in [3.8, 4) is 0 Å².